The summed E-state index contributed by atoms with van der Waals surface area (Å²) < 4.78 is 5.42. The van der Waals surface area contributed by atoms with Crippen molar-refractivity contribution in [3.05, 3.63) is 35.9 Å². The minimum Gasteiger partial charge on any atom is -0.377 e. The summed E-state index contributed by atoms with van der Waals surface area (Å²) in [6, 6.07) is 10.7. The van der Waals surface area contributed by atoms with Gasteiger partial charge in [0.25, 0.3) is 0 Å². The zero-order valence-electron chi connectivity index (χ0n) is 14.3. The Kier molecular flexibility index (Phi) is 5.46. The first kappa shape index (κ1) is 16.8. The predicted molar refractivity (Wildman–Crippen MR) is 92.3 cm³/mol. The van der Waals surface area contributed by atoms with E-state index in [4.69, 9.17) is 4.74 Å². The quantitative estimate of drug-likeness (QED) is 0.601. The number of nitrogens with zero attached hydrogens (tertiary/aromatic N) is 1. The zero-order valence-corrected chi connectivity index (χ0v) is 14.3. The molecule has 0 aromatic heterocycles. The molecule has 0 saturated heterocycles. The van der Waals surface area contributed by atoms with E-state index in [1.807, 2.05) is 7.05 Å². The third-order valence-electron chi connectivity index (χ3n) is 4.47. The number of benzene rings is 1. The van der Waals surface area contributed by atoms with Crippen LogP contribution in [0.4, 0.5) is 0 Å². The lowest BCUT2D eigenvalue weighted by atomic mass is 9.96. The van der Waals surface area contributed by atoms with E-state index in [2.05, 4.69) is 59.8 Å². The third-order valence-corrected chi connectivity index (χ3v) is 4.47. The zero-order chi connectivity index (χ0) is 16.1. The fraction of sp³-hybridized carbons (Fsp3) is 0.611. The minimum atomic E-state index is -0.196. The molecule has 1 aliphatic rings. The first-order valence-corrected chi connectivity index (χ1v) is 8.02. The molecule has 1 aliphatic carbocycles. The summed E-state index contributed by atoms with van der Waals surface area (Å²) in [5, 5.41) is 6.81. The van der Waals surface area contributed by atoms with Crippen LogP contribution in [0.2, 0.25) is 0 Å². The van der Waals surface area contributed by atoms with Crippen LogP contribution in [0.1, 0.15) is 32.3 Å². The maximum absolute atomic E-state index is 5.42. The summed E-state index contributed by atoms with van der Waals surface area (Å²) in [6.07, 6.45) is 3.71. The van der Waals surface area contributed by atoms with Gasteiger partial charge in [-0.3, -0.25) is 4.99 Å². The van der Waals surface area contributed by atoms with Crippen molar-refractivity contribution in [2.45, 2.75) is 38.7 Å². The van der Waals surface area contributed by atoms with Crippen LogP contribution in [0.5, 0.6) is 0 Å². The Balaban J connectivity index is 1.81. The number of methoxy groups -OCH3 is 1. The second-order valence-corrected chi connectivity index (χ2v) is 6.91. The topological polar surface area (TPSA) is 45.7 Å². The van der Waals surface area contributed by atoms with Crippen molar-refractivity contribution in [1.29, 1.82) is 0 Å². The molecular formula is C18H29N3O. The standard InChI is InChI=1S/C18H29N3O/c1-17(2,22-4)13-20-16(19-3)21-14-18(10-11-18)12-15-8-6-5-7-9-15/h5-9H,10-14H2,1-4H3,(H2,19,20,21). The van der Waals surface area contributed by atoms with E-state index in [0.717, 1.165) is 25.5 Å². The van der Waals surface area contributed by atoms with E-state index in [9.17, 15) is 0 Å². The molecule has 0 heterocycles. The van der Waals surface area contributed by atoms with Gasteiger partial charge in [-0.05, 0) is 44.1 Å². The number of rotatable bonds is 7. The van der Waals surface area contributed by atoms with Crippen LogP contribution >= 0.6 is 0 Å². The van der Waals surface area contributed by atoms with E-state index in [-0.39, 0.29) is 5.60 Å². The van der Waals surface area contributed by atoms with Crippen LogP contribution in [-0.4, -0.2) is 38.8 Å². The van der Waals surface area contributed by atoms with E-state index < -0.39 is 0 Å². The maximum Gasteiger partial charge on any atom is 0.191 e. The van der Waals surface area contributed by atoms with Gasteiger partial charge in [0.15, 0.2) is 5.96 Å². The molecule has 122 valence electrons. The molecule has 4 nitrogen and oxygen atoms in total. The fourth-order valence-corrected chi connectivity index (χ4v) is 2.48. The van der Waals surface area contributed by atoms with Crippen molar-refractivity contribution in [2.75, 3.05) is 27.2 Å². The Bertz CT molecular complexity index is 492. The molecule has 0 aliphatic heterocycles. The van der Waals surface area contributed by atoms with Crippen molar-refractivity contribution in [2.24, 2.45) is 10.4 Å². The first-order valence-electron chi connectivity index (χ1n) is 8.02. The number of aliphatic imine (C=N–C) groups is 1. The summed E-state index contributed by atoms with van der Waals surface area (Å²) in [5.74, 6) is 0.851. The highest BCUT2D eigenvalue weighted by Crippen LogP contribution is 2.47. The number of hydrogen-bond acceptors (Lipinski definition) is 2. The number of nitrogens with one attached hydrogen (secondary N) is 2. The van der Waals surface area contributed by atoms with Gasteiger partial charge in [-0.15, -0.1) is 0 Å². The predicted octanol–water partition coefficient (Wildman–Crippen LogP) is 2.60. The molecule has 0 unspecified atom stereocenters. The lowest BCUT2D eigenvalue weighted by Gasteiger charge is -2.25. The molecule has 22 heavy (non-hydrogen) atoms. The lowest BCUT2D eigenvalue weighted by molar-refractivity contribution is 0.0268. The van der Waals surface area contributed by atoms with Crippen LogP contribution in [0.25, 0.3) is 0 Å². The summed E-state index contributed by atoms with van der Waals surface area (Å²) >= 11 is 0. The van der Waals surface area contributed by atoms with Gasteiger partial charge in [-0.1, -0.05) is 30.3 Å². The average Bonchev–Trinajstić information content (AvgIpc) is 3.28. The van der Waals surface area contributed by atoms with Crippen molar-refractivity contribution >= 4 is 5.96 Å². The molecule has 0 spiro atoms. The van der Waals surface area contributed by atoms with Gasteiger partial charge < -0.3 is 15.4 Å². The number of guanidine groups is 1. The average molecular weight is 303 g/mol. The largest absolute Gasteiger partial charge is 0.377 e. The highest BCUT2D eigenvalue weighted by molar-refractivity contribution is 5.79. The van der Waals surface area contributed by atoms with Gasteiger partial charge >= 0.3 is 0 Å². The second-order valence-electron chi connectivity index (χ2n) is 6.91. The molecule has 1 aromatic carbocycles. The first-order chi connectivity index (χ1) is 10.5. The van der Waals surface area contributed by atoms with E-state index in [1.165, 1.54) is 18.4 Å². The summed E-state index contributed by atoms with van der Waals surface area (Å²) in [5.41, 5.74) is 1.62. The molecule has 2 N–H and O–H groups in total. The van der Waals surface area contributed by atoms with Crippen LogP contribution < -0.4 is 10.6 Å². The lowest BCUT2D eigenvalue weighted by Crippen LogP contribution is -2.46. The smallest absolute Gasteiger partial charge is 0.191 e. The molecule has 4 heteroatoms. The summed E-state index contributed by atoms with van der Waals surface area (Å²) in [4.78, 5) is 4.30. The van der Waals surface area contributed by atoms with Crippen LogP contribution in [0.3, 0.4) is 0 Å². The minimum absolute atomic E-state index is 0.196. The molecule has 1 fully saturated rings. The third kappa shape index (κ3) is 5.02. The van der Waals surface area contributed by atoms with Crippen LogP contribution in [0, 0.1) is 5.41 Å². The molecule has 0 bridgehead atoms. The second kappa shape index (κ2) is 7.14. The number of ether oxygens (including phenoxy) is 1. The Morgan fingerprint density at radius 1 is 1.23 bits per heavy atom. The molecule has 0 amide bonds. The fourth-order valence-electron chi connectivity index (χ4n) is 2.48. The SMILES string of the molecule is CN=C(NCC1(Cc2ccccc2)CC1)NCC(C)(C)OC. The van der Waals surface area contributed by atoms with Crippen LogP contribution in [0.15, 0.2) is 35.3 Å². The number of hydrogen-bond donors (Lipinski definition) is 2. The maximum atomic E-state index is 5.42. The molecular weight excluding hydrogens is 274 g/mol. The molecule has 2 rings (SSSR count). The summed E-state index contributed by atoms with van der Waals surface area (Å²) in [6.45, 7) is 5.82. The summed E-state index contributed by atoms with van der Waals surface area (Å²) in [7, 11) is 3.54. The van der Waals surface area contributed by atoms with Gasteiger partial charge in [-0.25, -0.2) is 0 Å². The molecule has 0 atom stereocenters. The Morgan fingerprint density at radius 2 is 1.91 bits per heavy atom. The Hall–Kier alpha value is -1.55. The van der Waals surface area contributed by atoms with Crippen molar-refractivity contribution in [3.8, 4) is 0 Å². The normalized spacial score (nSPS) is 17.2. The Labute approximate surface area is 134 Å². The van der Waals surface area contributed by atoms with Gasteiger partial charge in [0.2, 0.25) is 0 Å². The van der Waals surface area contributed by atoms with E-state index in [1.54, 1.807) is 7.11 Å². The molecule has 1 saturated carbocycles. The van der Waals surface area contributed by atoms with Crippen molar-refractivity contribution in [3.63, 3.8) is 0 Å². The molecule has 1 aromatic rings. The van der Waals surface area contributed by atoms with E-state index >= 15 is 0 Å². The monoisotopic (exact) mass is 303 g/mol. The van der Waals surface area contributed by atoms with E-state index in [0.29, 0.717) is 5.41 Å². The highest BCUT2D eigenvalue weighted by atomic mass is 16.5. The highest BCUT2D eigenvalue weighted by Gasteiger charge is 2.42. The Morgan fingerprint density at radius 3 is 2.45 bits per heavy atom. The van der Waals surface area contributed by atoms with Crippen LogP contribution in [-0.2, 0) is 11.2 Å². The van der Waals surface area contributed by atoms with Gasteiger partial charge in [0.05, 0.1) is 5.60 Å². The molecule has 0 radical (unpaired) electrons. The van der Waals surface area contributed by atoms with Crippen molar-refractivity contribution in [1.82, 2.24) is 10.6 Å². The van der Waals surface area contributed by atoms with Crippen molar-refractivity contribution < 1.29 is 4.74 Å². The van der Waals surface area contributed by atoms with Gasteiger partial charge in [0, 0.05) is 27.2 Å². The van der Waals surface area contributed by atoms with Gasteiger partial charge in [-0.2, -0.15) is 0 Å². The van der Waals surface area contributed by atoms with Gasteiger partial charge in [0.1, 0.15) is 0 Å².